The van der Waals surface area contributed by atoms with E-state index < -0.39 is 29.1 Å². The Balaban J connectivity index is 2.54. The fourth-order valence-corrected chi connectivity index (χ4v) is 2.32. The van der Waals surface area contributed by atoms with Crippen molar-refractivity contribution in [3.05, 3.63) is 0 Å². The van der Waals surface area contributed by atoms with Crippen LogP contribution < -0.4 is 5.32 Å². The number of aliphatic carboxylic acids is 1. The lowest BCUT2D eigenvalue weighted by atomic mass is 9.87. The molecule has 0 aromatic rings. The Morgan fingerprint density at radius 1 is 1.47 bits per heavy atom. The average molecular weight is 271 g/mol. The molecule has 0 radical (unpaired) electrons. The first kappa shape index (κ1) is 15.8. The third-order valence-electron chi connectivity index (χ3n) is 3.69. The molecule has 0 aliphatic heterocycles. The van der Waals surface area contributed by atoms with Crippen molar-refractivity contribution in [3.8, 4) is 0 Å². The fourth-order valence-electron chi connectivity index (χ4n) is 2.32. The van der Waals surface area contributed by atoms with Gasteiger partial charge in [-0.25, -0.2) is 9.59 Å². The number of carbonyl (C=O) groups excluding carboxylic acids is 1. The Morgan fingerprint density at radius 2 is 2.05 bits per heavy atom. The lowest BCUT2D eigenvalue weighted by Crippen LogP contribution is -2.50. The zero-order chi connectivity index (χ0) is 14.8. The SMILES string of the molecule is CCCC1CC1(C)OC(=O)N[C@H](C(=O)O)C(C)(C)C. The Bertz CT molecular complexity index is 361. The molecule has 0 saturated heterocycles. The van der Waals surface area contributed by atoms with Gasteiger partial charge in [0.15, 0.2) is 0 Å². The van der Waals surface area contributed by atoms with Crippen molar-refractivity contribution in [2.75, 3.05) is 0 Å². The van der Waals surface area contributed by atoms with Crippen LogP contribution in [0.1, 0.15) is 53.9 Å². The van der Waals surface area contributed by atoms with Crippen LogP contribution >= 0.6 is 0 Å². The lowest BCUT2D eigenvalue weighted by Gasteiger charge is -2.28. The fraction of sp³-hybridized carbons (Fsp3) is 0.857. The topological polar surface area (TPSA) is 75.6 Å². The van der Waals surface area contributed by atoms with E-state index in [-0.39, 0.29) is 0 Å². The van der Waals surface area contributed by atoms with Crippen LogP contribution in [-0.2, 0) is 9.53 Å². The van der Waals surface area contributed by atoms with Crippen LogP contribution in [0.15, 0.2) is 0 Å². The van der Waals surface area contributed by atoms with Gasteiger partial charge < -0.3 is 15.2 Å². The highest BCUT2D eigenvalue weighted by molar-refractivity contribution is 5.80. The van der Waals surface area contributed by atoms with Gasteiger partial charge in [-0.3, -0.25) is 0 Å². The van der Waals surface area contributed by atoms with Gasteiger partial charge in [0, 0.05) is 5.92 Å². The molecule has 1 rings (SSSR count). The maximum Gasteiger partial charge on any atom is 0.408 e. The third-order valence-corrected chi connectivity index (χ3v) is 3.69. The summed E-state index contributed by atoms with van der Waals surface area (Å²) in [6.07, 6.45) is 2.32. The Hall–Kier alpha value is -1.26. The minimum Gasteiger partial charge on any atom is -0.480 e. The summed E-state index contributed by atoms with van der Waals surface area (Å²) in [7, 11) is 0. The van der Waals surface area contributed by atoms with Gasteiger partial charge >= 0.3 is 12.1 Å². The molecule has 2 unspecified atom stereocenters. The number of rotatable bonds is 5. The Morgan fingerprint density at radius 3 is 2.47 bits per heavy atom. The molecule has 110 valence electrons. The first-order valence-corrected chi connectivity index (χ1v) is 6.82. The number of hydrogen-bond donors (Lipinski definition) is 2. The smallest absolute Gasteiger partial charge is 0.408 e. The van der Waals surface area contributed by atoms with Crippen molar-refractivity contribution in [1.82, 2.24) is 5.32 Å². The molecule has 3 atom stereocenters. The van der Waals surface area contributed by atoms with Crippen LogP contribution in [0.2, 0.25) is 0 Å². The zero-order valence-corrected chi connectivity index (χ0v) is 12.4. The number of carbonyl (C=O) groups is 2. The summed E-state index contributed by atoms with van der Waals surface area (Å²) in [5.74, 6) is -0.642. The van der Waals surface area contributed by atoms with E-state index in [9.17, 15) is 9.59 Å². The molecule has 1 fully saturated rings. The molecule has 0 aromatic heterocycles. The number of alkyl carbamates (subject to hydrolysis) is 1. The van der Waals surface area contributed by atoms with Crippen LogP contribution in [0, 0.1) is 11.3 Å². The summed E-state index contributed by atoms with van der Waals surface area (Å²) in [5.41, 5.74) is -0.973. The van der Waals surface area contributed by atoms with Crippen molar-refractivity contribution >= 4 is 12.1 Å². The molecular formula is C14H25NO4. The highest BCUT2D eigenvalue weighted by Gasteiger charge is 2.53. The minimum absolute atomic E-state index is 0.404. The predicted octanol–water partition coefficient (Wildman–Crippen LogP) is 2.79. The molecule has 1 aliphatic rings. The Kier molecular flexibility index (Phi) is 4.48. The number of amides is 1. The van der Waals surface area contributed by atoms with Gasteiger partial charge in [-0.2, -0.15) is 0 Å². The summed E-state index contributed by atoms with van der Waals surface area (Å²) in [5, 5.41) is 11.6. The highest BCUT2D eigenvalue weighted by Crippen LogP contribution is 2.49. The maximum atomic E-state index is 11.8. The predicted molar refractivity (Wildman–Crippen MR) is 71.9 cm³/mol. The van der Waals surface area contributed by atoms with E-state index in [4.69, 9.17) is 9.84 Å². The highest BCUT2D eigenvalue weighted by atomic mass is 16.6. The van der Waals surface area contributed by atoms with Crippen LogP contribution in [0.3, 0.4) is 0 Å². The van der Waals surface area contributed by atoms with E-state index in [1.165, 1.54) is 0 Å². The van der Waals surface area contributed by atoms with Crippen molar-refractivity contribution < 1.29 is 19.4 Å². The van der Waals surface area contributed by atoms with Crippen LogP contribution in [0.5, 0.6) is 0 Å². The van der Waals surface area contributed by atoms with Crippen molar-refractivity contribution in [2.24, 2.45) is 11.3 Å². The Labute approximate surface area is 114 Å². The van der Waals surface area contributed by atoms with Gasteiger partial charge in [-0.05, 0) is 25.2 Å². The number of carboxylic acid groups (broad SMARTS) is 1. The number of carboxylic acids is 1. The number of ether oxygens (including phenoxy) is 1. The molecule has 5 heteroatoms. The first-order valence-electron chi connectivity index (χ1n) is 6.82. The molecule has 1 aliphatic carbocycles. The second kappa shape index (κ2) is 5.39. The molecule has 0 spiro atoms. The average Bonchev–Trinajstić information content (AvgIpc) is 2.83. The number of nitrogens with one attached hydrogen (secondary N) is 1. The minimum atomic E-state index is -1.05. The molecular weight excluding hydrogens is 246 g/mol. The van der Waals surface area contributed by atoms with Crippen LogP contribution in [-0.4, -0.2) is 28.8 Å². The van der Waals surface area contributed by atoms with Gasteiger partial charge in [0.05, 0.1) is 0 Å². The van der Waals surface area contributed by atoms with Gasteiger partial charge in [-0.1, -0.05) is 34.1 Å². The normalized spacial score (nSPS) is 27.5. The standard InChI is InChI=1S/C14H25NO4/c1-6-7-9-8-14(9,5)19-12(18)15-10(11(16)17)13(2,3)4/h9-10H,6-8H2,1-5H3,(H,15,18)(H,16,17)/t9?,10-,14?/m1/s1. The second-order valence-electron chi connectivity index (χ2n) is 6.67. The molecule has 1 saturated carbocycles. The molecule has 2 N–H and O–H groups in total. The maximum absolute atomic E-state index is 11.8. The van der Waals surface area contributed by atoms with Crippen molar-refractivity contribution in [1.29, 1.82) is 0 Å². The summed E-state index contributed by atoms with van der Waals surface area (Å²) < 4.78 is 5.38. The quantitative estimate of drug-likeness (QED) is 0.806. The summed E-state index contributed by atoms with van der Waals surface area (Å²) in [6, 6.07) is -0.952. The molecule has 1 amide bonds. The summed E-state index contributed by atoms with van der Waals surface area (Å²) >= 11 is 0. The van der Waals surface area contributed by atoms with E-state index >= 15 is 0 Å². The monoisotopic (exact) mass is 271 g/mol. The zero-order valence-electron chi connectivity index (χ0n) is 12.4. The van der Waals surface area contributed by atoms with Crippen molar-refractivity contribution in [2.45, 2.75) is 65.5 Å². The lowest BCUT2D eigenvalue weighted by molar-refractivity contribution is -0.142. The molecule has 0 aromatic carbocycles. The summed E-state index contributed by atoms with van der Waals surface area (Å²) in [4.78, 5) is 23.0. The third kappa shape index (κ3) is 4.11. The van der Waals surface area contributed by atoms with E-state index in [1.54, 1.807) is 20.8 Å². The molecule has 5 nitrogen and oxygen atoms in total. The van der Waals surface area contributed by atoms with Gasteiger partial charge in [-0.15, -0.1) is 0 Å². The molecule has 0 heterocycles. The first-order chi connectivity index (χ1) is 8.60. The summed E-state index contributed by atoms with van der Waals surface area (Å²) in [6.45, 7) is 9.30. The van der Waals surface area contributed by atoms with Crippen LogP contribution in [0.25, 0.3) is 0 Å². The molecule has 19 heavy (non-hydrogen) atoms. The largest absolute Gasteiger partial charge is 0.480 e. The van der Waals surface area contributed by atoms with E-state index in [1.807, 2.05) is 6.92 Å². The van der Waals surface area contributed by atoms with Gasteiger partial charge in [0.2, 0.25) is 0 Å². The van der Waals surface area contributed by atoms with E-state index in [0.717, 1.165) is 19.3 Å². The van der Waals surface area contributed by atoms with Gasteiger partial charge in [0.1, 0.15) is 11.6 Å². The van der Waals surface area contributed by atoms with Crippen LogP contribution in [0.4, 0.5) is 4.79 Å². The van der Waals surface area contributed by atoms with Crippen molar-refractivity contribution in [3.63, 3.8) is 0 Å². The van der Waals surface area contributed by atoms with Gasteiger partial charge in [0.25, 0.3) is 0 Å². The molecule has 0 bridgehead atoms. The number of hydrogen-bond acceptors (Lipinski definition) is 3. The van der Waals surface area contributed by atoms with E-state index in [2.05, 4.69) is 12.2 Å². The van der Waals surface area contributed by atoms with E-state index in [0.29, 0.717) is 5.92 Å². The second-order valence-corrected chi connectivity index (χ2v) is 6.67.